The standard InChI is InChI=1S/C26H31N3O3S/c1-17-18(2)28-25-9-6-19(14-24(17)25)16-27-26(30)21-10-12-29(13-11-21)33(31,32)23-8-7-20-4-3-5-22(20)15-23/h6-9,14-15,21,28H,3-5,10-13,16H2,1-2H3,(H,27,30). The molecule has 2 aromatic carbocycles. The minimum Gasteiger partial charge on any atom is -0.358 e. The molecule has 1 aliphatic heterocycles. The van der Waals surface area contributed by atoms with Gasteiger partial charge in [0, 0.05) is 42.1 Å². The number of aryl methyl sites for hydroxylation is 4. The van der Waals surface area contributed by atoms with Crippen LogP contribution >= 0.6 is 0 Å². The topological polar surface area (TPSA) is 82.3 Å². The van der Waals surface area contributed by atoms with Crippen LogP contribution < -0.4 is 5.32 Å². The van der Waals surface area contributed by atoms with Crippen LogP contribution in [0.4, 0.5) is 0 Å². The number of H-pyrrole nitrogens is 1. The van der Waals surface area contributed by atoms with Gasteiger partial charge in [0.25, 0.3) is 0 Å². The number of benzene rings is 2. The number of carbonyl (C=O) groups excluding carboxylic acids is 1. The minimum atomic E-state index is -3.51. The highest BCUT2D eigenvalue weighted by molar-refractivity contribution is 7.89. The fourth-order valence-electron chi connectivity index (χ4n) is 5.17. The molecule has 3 aromatic rings. The van der Waals surface area contributed by atoms with Crippen molar-refractivity contribution in [1.82, 2.24) is 14.6 Å². The lowest BCUT2D eigenvalue weighted by molar-refractivity contribution is -0.126. The van der Waals surface area contributed by atoms with E-state index in [0.717, 1.165) is 41.6 Å². The van der Waals surface area contributed by atoms with Gasteiger partial charge in [-0.25, -0.2) is 8.42 Å². The maximum absolute atomic E-state index is 13.1. The molecule has 2 heterocycles. The second-order valence-electron chi connectivity index (χ2n) is 9.44. The number of rotatable bonds is 5. The molecule has 5 rings (SSSR count). The van der Waals surface area contributed by atoms with E-state index in [2.05, 4.69) is 36.3 Å². The molecule has 0 saturated carbocycles. The van der Waals surface area contributed by atoms with Crippen LogP contribution in [0.25, 0.3) is 10.9 Å². The molecule has 6 nitrogen and oxygen atoms in total. The zero-order valence-corrected chi connectivity index (χ0v) is 20.1. The van der Waals surface area contributed by atoms with Gasteiger partial charge >= 0.3 is 0 Å². The van der Waals surface area contributed by atoms with Gasteiger partial charge < -0.3 is 10.3 Å². The van der Waals surface area contributed by atoms with E-state index in [9.17, 15) is 13.2 Å². The number of aromatic amines is 1. The van der Waals surface area contributed by atoms with Crippen LogP contribution in [0.1, 0.15) is 47.2 Å². The van der Waals surface area contributed by atoms with Crippen molar-refractivity contribution < 1.29 is 13.2 Å². The second-order valence-corrected chi connectivity index (χ2v) is 11.4. The largest absolute Gasteiger partial charge is 0.358 e. The van der Waals surface area contributed by atoms with Gasteiger partial charge in [0.15, 0.2) is 0 Å². The van der Waals surface area contributed by atoms with Gasteiger partial charge in [0.1, 0.15) is 0 Å². The molecular formula is C26H31N3O3S. The number of amides is 1. The third-order valence-electron chi connectivity index (χ3n) is 7.37. The van der Waals surface area contributed by atoms with E-state index in [-0.39, 0.29) is 11.8 Å². The van der Waals surface area contributed by atoms with Crippen LogP contribution in [-0.2, 0) is 34.2 Å². The summed E-state index contributed by atoms with van der Waals surface area (Å²) in [7, 11) is -3.51. The number of piperidine rings is 1. The monoisotopic (exact) mass is 465 g/mol. The van der Waals surface area contributed by atoms with Crippen molar-refractivity contribution in [2.75, 3.05) is 13.1 Å². The van der Waals surface area contributed by atoms with Gasteiger partial charge in [-0.1, -0.05) is 12.1 Å². The predicted molar refractivity (Wildman–Crippen MR) is 130 cm³/mol. The number of hydrogen-bond donors (Lipinski definition) is 2. The summed E-state index contributed by atoms with van der Waals surface area (Å²) in [6.45, 7) is 5.40. The lowest BCUT2D eigenvalue weighted by atomic mass is 9.97. The Kier molecular flexibility index (Phi) is 5.79. The van der Waals surface area contributed by atoms with E-state index in [4.69, 9.17) is 0 Å². The summed E-state index contributed by atoms with van der Waals surface area (Å²) in [5.41, 5.74) is 6.99. The Bertz CT molecular complexity index is 1320. The van der Waals surface area contributed by atoms with E-state index < -0.39 is 10.0 Å². The van der Waals surface area contributed by atoms with Gasteiger partial charge in [-0.05, 0) is 92.5 Å². The molecule has 2 aliphatic rings. The average molecular weight is 466 g/mol. The Balaban J connectivity index is 1.18. The molecule has 174 valence electrons. The average Bonchev–Trinajstić information content (AvgIpc) is 3.41. The third kappa shape index (κ3) is 4.20. The van der Waals surface area contributed by atoms with Gasteiger partial charge in [-0.3, -0.25) is 4.79 Å². The Morgan fingerprint density at radius 2 is 1.82 bits per heavy atom. The molecule has 33 heavy (non-hydrogen) atoms. The minimum absolute atomic E-state index is 0.00615. The quantitative estimate of drug-likeness (QED) is 0.598. The smallest absolute Gasteiger partial charge is 0.243 e. The molecular weight excluding hydrogens is 434 g/mol. The van der Waals surface area contributed by atoms with Crippen molar-refractivity contribution in [2.24, 2.45) is 5.92 Å². The van der Waals surface area contributed by atoms with Crippen LogP contribution in [0.3, 0.4) is 0 Å². The first-order chi connectivity index (χ1) is 15.8. The fraction of sp³-hybridized carbons (Fsp3) is 0.423. The Labute approximate surface area is 195 Å². The van der Waals surface area contributed by atoms with E-state index in [1.165, 1.54) is 16.5 Å². The lowest BCUT2D eigenvalue weighted by Crippen LogP contribution is -2.42. The number of nitrogens with zero attached hydrogens (tertiary/aromatic N) is 1. The van der Waals surface area contributed by atoms with Crippen molar-refractivity contribution in [2.45, 2.75) is 57.4 Å². The number of carbonyl (C=O) groups is 1. The molecule has 7 heteroatoms. The first-order valence-corrected chi connectivity index (χ1v) is 13.2. The molecule has 0 spiro atoms. The maximum atomic E-state index is 13.1. The summed E-state index contributed by atoms with van der Waals surface area (Å²) >= 11 is 0. The zero-order valence-electron chi connectivity index (χ0n) is 19.3. The first-order valence-electron chi connectivity index (χ1n) is 11.8. The van der Waals surface area contributed by atoms with Gasteiger partial charge in [0.05, 0.1) is 4.90 Å². The Morgan fingerprint density at radius 3 is 2.61 bits per heavy atom. The van der Waals surface area contributed by atoms with E-state index in [1.807, 2.05) is 18.2 Å². The predicted octanol–water partition coefficient (Wildman–Crippen LogP) is 3.99. The highest BCUT2D eigenvalue weighted by Gasteiger charge is 2.32. The van der Waals surface area contributed by atoms with E-state index in [1.54, 1.807) is 10.4 Å². The van der Waals surface area contributed by atoms with Gasteiger partial charge in [0.2, 0.25) is 15.9 Å². The molecule has 0 unspecified atom stereocenters. The summed E-state index contributed by atoms with van der Waals surface area (Å²) in [6.07, 6.45) is 4.18. The molecule has 1 aliphatic carbocycles. The molecule has 2 N–H and O–H groups in total. The molecule has 0 radical (unpaired) electrons. The highest BCUT2D eigenvalue weighted by atomic mass is 32.2. The molecule has 0 atom stereocenters. The van der Waals surface area contributed by atoms with Gasteiger partial charge in [-0.2, -0.15) is 4.31 Å². The van der Waals surface area contributed by atoms with Crippen molar-refractivity contribution in [3.05, 3.63) is 64.3 Å². The van der Waals surface area contributed by atoms with Crippen molar-refractivity contribution in [3.63, 3.8) is 0 Å². The molecule has 0 bridgehead atoms. The first kappa shape index (κ1) is 22.2. The zero-order chi connectivity index (χ0) is 23.2. The normalized spacial score (nSPS) is 17.4. The number of hydrogen-bond acceptors (Lipinski definition) is 3. The summed E-state index contributed by atoms with van der Waals surface area (Å²) in [6, 6.07) is 11.8. The van der Waals surface area contributed by atoms with Crippen LogP contribution in [0.15, 0.2) is 41.3 Å². The lowest BCUT2D eigenvalue weighted by Gasteiger charge is -2.30. The molecule has 1 saturated heterocycles. The van der Waals surface area contributed by atoms with E-state index >= 15 is 0 Å². The summed E-state index contributed by atoms with van der Waals surface area (Å²) in [4.78, 5) is 16.5. The SMILES string of the molecule is Cc1[nH]c2ccc(CNC(=O)C3CCN(S(=O)(=O)c4ccc5c(c4)CCC5)CC3)cc2c1C. The Hall–Kier alpha value is -2.64. The maximum Gasteiger partial charge on any atom is 0.243 e. The molecule has 1 fully saturated rings. The summed E-state index contributed by atoms with van der Waals surface area (Å²) < 4.78 is 27.8. The van der Waals surface area contributed by atoms with Crippen LogP contribution in [0.2, 0.25) is 0 Å². The summed E-state index contributed by atoms with van der Waals surface area (Å²) in [5, 5.41) is 4.24. The number of fused-ring (bicyclic) bond motifs is 2. The second kappa shape index (κ2) is 8.61. The number of aromatic nitrogens is 1. The van der Waals surface area contributed by atoms with Crippen molar-refractivity contribution in [1.29, 1.82) is 0 Å². The molecule has 1 amide bonds. The van der Waals surface area contributed by atoms with Crippen LogP contribution in [0.5, 0.6) is 0 Å². The fourth-order valence-corrected chi connectivity index (χ4v) is 6.69. The van der Waals surface area contributed by atoms with E-state index in [0.29, 0.717) is 37.4 Å². The third-order valence-corrected chi connectivity index (χ3v) is 9.27. The Morgan fingerprint density at radius 1 is 1.06 bits per heavy atom. The van der Waals surface area contributed by atoms with Crippen LogP contribution in [0, 0.1) is 19.8 Å². The molecule has 1 aromatic heterocycles. The van der Waals surface area contributed by atoms with Crippen molar-refractivity contribution >= 4 is 26.8 Å². The van der Waals surface area contributed by atoms with Gasteiger partial charge in [-0.15, -0.1) is 0 Å². The van der Waals surface area contributed by atoms with Crippen LogP contribution in [-0.4, -0.2) is 36.7 Å². The summed E-state index contributed by atoms with van der Waals surface area (Å²) in [5.74, 6) is -0.150. The van der Waals surface area contributed by atoms with Crippen molar-refractivity contribution in [3.8, 4) is 0 Å². The highest BCUT2D eigenvalue weighted by Crippen LogP contribution is 2.29. The number of sulfonamides is 1. The number of nitrogens with one attached hydrogen (secondary N) is 2.